The quantitative estimate of drug-likeness (QED) is 0.762. The summed E-state index contributed by atoms with van der Waals surface area (Å²) in [7, 11) is 0. The molecule has 1 heterocycles. The summed E-state index contributed by atoms with van der Waals surface area (Å²) in [6.45, 7) is 2.03. The number of hydrogen-bond acceptors (Lipinski definition) is 2. The lowest BCUT2D eigenvalue weighted by molar-refractivity contribution is 0.481. The number of aryl methyl sites for hydroxylation is 1. The van der Waals surface area contributed by atoms with Crippen LogP contribution in [0.1, 0.15) is 12.5 Å². The highest BCUT2D eigenvalue weighted by molar-refractivity contribution is 7.17. The van der Waals surface area contributed by atoms with Crippen molar-refractivity contribution in [3.05, 3.63) is 28.1 Å². The zero-order valence-electron chi connectivity index (χ0n) is 7.17. The van der Waals surface area contributed by atoms with E-state index in [0.717, 1.165) is 22.1 Å². The Bertz CT molecular complexity index is 447. The molecule has 1 aromatic heterocycles. The van der Waals surface area contributed by atoms with E-state index in [0.29, 0.717) is 5.02 Å². The first-order valence-electron chi connectivity index (χ1n) is 4.11. The maximum Gasteiger partial charge on any atom is 0.143 e. The van der Waals surface area contributed by atoms with Crippen LogP contribution in [-0.2, 0) is 6.42 Å². The smallest absolute Gasteiger partial charge is 0.143 e. The number of aromatic hydroxyl groups is 1. The number of fused-ring (bicyclic) bond motifs is 1. The van der Waals surface area contributed by atoms with Gasteiger partial charge in [-0.1, -0.05) is 18.5 Å². The predicted molar refractivity (Wildman–Crippen MR) is 57.9 cm³/mol. The summed E-state index contributed by atoms with van der Waals surface area (Å²) in [5.74, 6) is 0.220. The minimum absolute atomic E-state index is 0.220. The second kappa shape index (κ2) is 3.20. The van der Waals surface area contributed by atoms with Gasteiger partial charge in [0.15, 0.2) is 0 Å². The zero-order valence-corrected chi connectivity index (χ0v) is 8.75. The van der Waals surface area contributed by atoms with Gasteiger partial charge in [-0.3, -0.25) is 0 Å². The number of halogens is 1. The van der Waals surface area contributed by atoms with Gasteiger partial charge in [0.25, 0.3) is 0 Å². The first-order chi connectivity index (χ1) is 6.24. The minimum Gasteiger partial charge on any atom is -0.506 e. The van der Waals surface area contributed by atoms with E-state index in [1.807, 2.05) is 24.4 Å². The van der Waals surface area contributed by atoms with Crippen molar-refractivity contribution in [2.75, 3.05) is 0 Å². The molecule has 0 radical (unpaired) electrons. The number of rotatable bonds is 1. The van der Waals surface area contributed by atoms with Crippen LogP contribution in [0.2, 0.25) is 5.02 Å². The minimum atomic E-state index is 0.220. The molecule has 0 bridgehead atoms. The molecule has 0 aliphatic rings. The molecular formula is C10H9ClOS. The molecule has 0 unspecified atom stereocenters. The van der Waals surface area contributed by atoms with E-state index in [-0.39, 0.29) is 5.75 Å². The highest BCUT2D eigenvalue weighted by Crippen LogP contribution is 2.37. The molecule has 1 N–H and O–H groups in total. The molecule has 0 aliphatic carbocycles. The van der Waals surface area contributed by atoms with Crippen LogP contribution < -0.4 is 0 Å². The Kier molecular flexibility index (Phi) is 2.18. The Labute approximate surface area is 85.6 Å². The van der Waals surface area contributed by atoms with Crippen molar-refractivity contribution in [2.45, 2.75) is 13.3 Å². The van der Waals surface area contributed by atoms with Gasteiger partial charge in [-0.25, -0.2) is 0 Å². The fourth-order valence-corrected chi connectivity index (χ4v) is 2.52. The summed E-state index contributed by atoms with van der Waals surface area (Å²) >= 11 is 7.60. The van der Waals surface area contributed by atoms with Crippen LogP contribution in [-0.4, -0.2) is 5.11 Å². The Hall–Kier alpha value is -0.730. The van der Waals surface area contributed by atoms with Gasteiger partial charge < -0.3 is 5.11 Å². The van der Waals surface area contributed by atoms with Crippen LogP contribution in [0.25, 0.3) is 10.1 Å². The number of phenols is 1. The first-order valence-corrected chi connectivity index (χ1v) is 5.37. The summed E-state index contributed by atoms with van der Waals surface area (Å²) in [5, 5.41) is 13.0. The van der Waals surface area contributed by atoms with Crippen LogP contribution in [0, 0.1) is 0 Å². The molecule has 1 aromatic carbocycles. The fraction of sp³-hybridized carbons (Fsp3) is 0.200. The molecule has 0 amide bonds. The van der Waals surface area contributed by atoms with Gasteiger partial charge in [0.05, 0.1) is 5.02 Å². The number of phenolic OH excluding ortho intramolecular Hbond substituents is 1. The monoisotopic (exact) mass is 212 g/mol. The van der Waals surface area contributed by atoms with E-state index in [1.165, 1.54) is 0 Å². The Balaban J connectivity index is 2.83. The third-order valence-electron chi connectivity index (χ3n) is 2.13. The standard InChI is InChI=1S/C10H9ClOS/c1-2-6-5-8-7(3-4-13-8)10(12)9(6)11/h3-5,12H,2H2,1H3. The second-order valence-corrected chi connectivity index (χ2v) is 4.21. The fourth-order valence-electron chi connectivity index (χ4n) is 1.38. The summed E-state index contributed by atoms with van der Waals surface area (Å²) < 4.78 is 1.10. The molecule has 13 heavy (non-hydrogen) atoms. The van der Waals surface area contributed by atoms with Crippen molar-refractivity contribution in [1.82, 2.24) is 0 Å². The maximum absolute atomic E-state index is 9.73. The van der Waals surface area contributed by atoms with Gasteiger partial charge in [0, 0.05) is 10.1 Å². The van der Waals surface area contributed by atoms with E-state index in [1.54, 1.807) is 11.3 Å². The van der Waals surface area contributed by atoms with Gasteiger partial charge in [0.1, 0.15) is 5.75 Å². The Morgan fingerprint density at radius 2 is 2.31 bits per heavy atom. The highest BCUT2D eigenvalue weighted by atomic mass is 35.5. The predicted octanol–water partition coefficient (Wildman–Crippen LogP) is 3.82. The van der Waals surface area contributed by atoms with Crippen LogP contribution >= 0.6 is 22.9 Å². The third kappa shape index (κ3) is 1.30. The van der Waals surface area contributed by atoms with Gasteiger partial charge in [0.2, 0.25) is 0 Å². The molecule has 0 fully saturated rings. The molecule has 0 atom stereocenters. The molecule has 0 saturated heterocycles. The Morgan fingerprint density at radius 1 is 1.54 bits per heavy atom. The molecule has 0 spiro atoms. The topological polar surface area (TPSA) is 20.2 Å². The van der Waals surface area contributed by atoms with Crippen molar-refractivity contribution >= 4 is 33.0 Å². The number of hydrogen-bond donors (Lipinski definition) is 1. The van der Waals surface area contributed by atoms with Crippen molar-refractivity contribution < 1.29 is 5.11 Å². The average molecular weight is 213 g/mol. The van der Waals surface area contributed by atoms with E-state index in [9.17, 15) is 5.11 Å². The van der Waals surface area contributed by atoms with Crippen molar-refractivity contribution in [1.29, 1.82) is 0 Å². The molecule has 2 rings (SSSR count). The van der Waals surface area contributed by atoms with Crippen molar-refractivity contribution in [3.63, 3.8) is 0 Å². The summed E-state index contributed by atoms with van der Waals surface area (Å²) in [4.78, 5) is 0. The average Bonchev–Trinajstić information content (AvgIpc) is 2.59. The number of thiophene rings is 1. The van der Waals surface area contributed by atoms with E-state index in [2.05, 4.69) is 0 Å². The Morgan fingerprint density at radius 3 is 3.00 bits per heavy atom. The van der Waals surface area contributed by atoms with Crippen molar-refractivity contribution in [3.8, 4) is 5.75 Å². The highest BCUT2D eigenvalue weighted by Gasteiger charge is 2.09. The lowest BCUT2D eigenvalue weighted by Crippen LogP contribution is -1.82. The molecular weight excluding hydrogens is 204 g/mol. The third-order valence-corrected chi connectivity index (χ3v) is 3.41. The lowest BCUT2D eigenvalue weighted by atomic mass is 10.1. The number of benzene rings is 1. The van der Waals surface area contributed by atoms with E-state index < -0.39 is 0 Å². The molecule has 0 aliphatic heterocycles. The van der Waals surface area contributed by atoms with Gasteiger partial charge in [-0.05, 0) is 29.5 Å². The summed E-state index contributed by atoms with van der Waals surface area (Å²) in [6.07, 6.45) is 0.847. The molecule has 68 valence electrons. The normalized spacial score (nSPS) is 10.9. The second-order valence-electron chi connectivity index (χ2n) is 2.88. The maximum atomic E-state index is 9.73. The van der Waals surface area contributed by atoms with Gasteiger partial charge in [-0.2, -0.15) is 0 Å². The molecule has 2 aromatic rings. The van der Waals surface area contributed by atoms with Crippen LogP contribution in [0.15, 0.2) is 17.5 Å². The zero-order chi connectivity index (χ0) is 9.42. The van der Waals surface area contributed by atoms with E-state index in [4.69, 9.17) is 11.6 Å². The van der Waals surface area contributed by atoms with Crippen LogP contribution in [0.5, 0.6) is 5.75 Å². The SMILES string of the molecule is CCc1cc2sccc2c(O)c1Cl. The van der Waals surface area contributed by atoms with Crippen molar-refractivity contribution in [2.24, 2.45) is 0 Å². The largest absolute Gasteiger partial charge is 0.506 e. The molecule has 3 heteroatoms. The molecule has 0 saturated carbocycles. The summed E-state index contributed by atoms with van der Waals surface area (Å²) in [6, 6.07) is 3.93. The van der Waals surface area contributed by atoms with Gasteiger partial charge in [-0.15, -0.1) is 11.3 Å². The van der Waals surface area contributed by atoms with Crippen LogP contribution in [0.4, 0.5) is 0 Å². The van der Waals surface area contributed by atoms with Crippen LogP contribution in [0.3, 0.4) is 0 Å². The van der Waals surface area contributed by atoms with E-state index >= 15 is 0 Å². The summed E-state index contributed by atoms with van der Waals surface area (Å²) in [5.41, 5.74) is 1.01. The first kappa shape index (κ1) is 8.85. The lowest BCUT2D eigenvalue weighted by Gasteiger charge is -2.04. The molecule has 1 nitrogen and oxygen atoms in total. The van der Waals surface area contributed by atoms with Gasteiger partial charge >= 0.3 is 0 Å².